The third kappa shape index (κ3) is 3.42. The van der Waals surface area contributed by atoms with Crippen LogP contribution in [0.4, 0.5) is 0 Å². The molecule has 0 aliphatic carbocycles. The highest BCUT2D eigenvalue weighted by molar-refractivity contribution is 7.89. The fourth-order valence-electron chi connectivity index (χ4n) is 1.67. The summed E-state index contributed by atoms with van der Waals surface area (Å²) in [6.45, 7) is 4.34. The molecule has 0 saturated carbocycles. The Balaban J connectivity index is 2.10. The average molecular weight is 279 g/mol. The van der Waals surface area contributed by atoms with E-state index in [9.17, 15) is 8.42 Å². The van der Waals surface area contributed by atoms with Gasteiger partial charge in [0.2, 0.25) is 10.0 Å². The Labute approximate surface area is 113 Å². The molecule has 1 aromatic heterocycles. The first kappa shape index (κ1) is 13.8. The molecule has 19 heavy (non-hydrogen) atoms. The van der Waals surface area contributed by atoms with Gasteiger partial charge in [0.05, 0.1) is 17.8 Å². The van der Waals surface area contributed by atoms with E-state index in [2.05, 4.69) is 28.5 Å². The molecule has 0 radical (unpaired) electrons. The molecule has 0 aliphatic heterocycles. The molecule has 102 valence electrons. The second kappa shape index (κ2) is 5.54. The Morgan fingerprint density at radius 1 is 1.26 bits per heavy atom. The van der Waals surface area contributed by atoms with Crippen molar-refractivity contribution in [2.45, 2.75) is 31.2 Å². The molecule has 2 N–H and O–H groups in total. The molecule has 1 aromatic carbocycles. The predicted octanol–water partition coefficient (Wildman–Crippen LogP) is 2.01. The third-order valence-electron chi connectivity index (χ3n) is 2.86. The van der Waals surface area contributed by atoms with Crippen LogP contribution in [0.3, 0.4) is 0 Å². The molecule has 0 spiro atoms. The van der Waals surface area contributed by atoms with Crippen LogP contribution in [0.15, 0.2) is 41.7 Å². The number of aromatic nitrogens is 2. The fraction of sp³-hybridized carbons (Fsp3) is 0.308. The highest BCUT2D eigenvalue weighted by Gasteiger charge is 2.14. The van der Waals surface area contributed by atoms with Crippen molar-refractivity contribution in [1.29, 1.82) is 0 Å². The molecule has 2 rings (SSSR count). The van der Waals surface area contributed by atoms with Crippen molar-refractivity contribution in [2.75, 3.05) is 0 Å². The third-order valence-corrected chi connectivity index (χ3v) is 4.28. The Kier molecular flexibility index (Phi) is 4.01. The SMILES string of the molecule is CC(C)c1ccc(S(=O)(=O)NCc2cnc[nH]2)cc1. The number of nitrogens with one attached hydrogen (secondary N) is 2. The van der Waals surface area contributed by atoms with Gasteiger partial charge in [-0.15, -0.1) is 0 Å². The van der Waals surface area contributed by atoms with Gasteiger partial charge in [-0.2, -0.15) is 0 Å². The van der Waals surface area contributed by atoms with E-state index in [0.29, 0.717) is 5.92 Å². The first-order valence-electron chi connectivity index (χ1n) is 6.06. The summed E-state index contributed by atoms with van der Waals surface area (Å²) in [5.74, 6) is 0.384. The minimum atomic E-state index is -3.48. The summed E-state index contributed by atoms with van der Waals surface area (Å²) in [6, 6.07) is 6.94. The smallest absolute Gasteiger partial charge is 0.240 e. The van der Waals surface area contributed by atoms with E-state index in [0.717, 1.165) is 11.3 Å². The number of nitrogens with zero attached hydrogens (tertiary/aromatic N) is 1. The van der Waals surface area contributed by atoms with Gasteiger partial charge in [-0.25, -0.2) is 18.1 Å². The molecule has 0 aliphatic rings. The topological polar surface area (TPSA) is 74.8 Å². The van der Waals surface area contributed by atoms with E-state index in [-0.39, 0.29) is 11.4 Å². The number of benzene rings is 1. The zero-order valence-corrected chi connectivity index (χ0v) is 11.7. The summed E-state index contributed by atoms with van der Waals surface area (Å²) in [5, 5.41) is 0. The first-order chi connectivity index (χ1) is 8.99. The zero-order chi connectivity index (χ0) is 13.9. The van der Waals surface area contributed by atoms with Crippen LogP contribution in [0.25, 0.3) is 0 Å². The predicted molar refractivity (Wildman–Crippen MR) is 73.1 cm³/mol. The minimum Gasteiger partial charge on any atom is -0.347 e. The summed E-state index contributed by atoms with van der Waals surface area (Å²) in [7, 11) is -3.48. The average Bonchev–Trinajstić information content (AvgIpc) is 2.90. The van der Waals surface area contributed by atoms with E-state index in [1.54, 1.807) is 18.3 Å². The van der Waals surface area contributed by atoms with Gasteiger partial charge in [-0.3, -0.25) is 0 Å². The maximum absolute atomic E-state index is 12.1. The molecule has 6 heteroatoms. The Bertz CT molecular complexity index is 616. The highest BCUT2D eigenvalue weighted by Crippen LogP contribution is 2.17. The quantitative estimate of drug-likeness (QED) is 0.879. The summed E-state index contributed by atoms with van der Waals surface area (Å²) in [4.78, 5) is 6.96. The summed E-state index contributed by atoms with van der Waals surface area (Å²) >= 11 is 0. The van der Waals surface area contributed by atoms with E-state index in [1.807, 2.05) is 12.1 Å². The van der Waals surface area contributed by atoms with Gasteiger partial charge in [-0.1, -0.05) is 26.0 Å². The maximum atomic E-state index is 12.1. The van der Waals surface area contributed by atoms with Crippen molar-refractivity contribution in [3.05, 3.63) is 48.0 Å². The van der Waals surface area contributed by atoms with Crippen molar-refractivity contribution in [3.63, 3.8) is 0 Å². The van der Waals surface area contributed by atoms with Crippen molar-refractivity contribution in [1.82, 2.24) is 14.7 Å². The Hall–Kier alpha value is -1.66. The first-order valence-corrected chi connectivity index (χ1v) is 7.54. The summed E-state index contributed by atoms with van der Waals surface area (Å²) < 4.78 is 26.7. The van der Waals surface area contributed by atoms with Gasteiger partial charge in [0.15, 0.2) is 0 Å². The number of H-pyrrole nitrogens is 1. The largest absolute Gasteiger partial charge is 0.347 e. The lowest BCUT2D eigenvalue weighted by Crippen LogP contribution is -2.23. The van der Waals surface area contributed by atoms with E-state index < -0.39 is 10.0 Å². The van der Waals surface area contributed by atoms with Crippen LogP contribution < -0.4 is 4.72 Å². The molecule has 0 saturated heterocycles. The van der Waals surface area contributed by atoms with Crippen LogP contribution in [0.5, 0.6) is 0 Å². The molecule has 0 unspecified atom stereocenters. The molecule has 2 aromatic rings. The molecule has 5 nitrogen and oxygen atoms in total. The van der Waals surface area contributed by atoms with Crippen LogP contribution in [0.2, 0.25) is 0 Å². The van der Waals surface area contributed by atoms with Crippen LogP contribution in [0, 0.1) is 0 Å². The van der Waals surface area contributed by atoms with Crippen LogP contribution >= 0.6 is 0 Å². The molecule has 0 fully saturated rings. The van der Waals surface area contributed by atoms with Gasteiger partial charge in [-0.05, 0) is 23.6 Å². The number of hydrogen-bond donors (Lipinski definition) is 2. The van der Waals surface area contributed by atoms with E-state index in [4.69, 9.17) is 0 Å². The second-order valence-corrected chi connectivity index (χ2v) is 6.39. The minimum absolute atomic E-state index is 0.203. The molecule has 0 bridgehead atoms. The summed E-state index contributed by atoms with van der Waals surface area (Å²) in [5.41, 5.74) is 1.84. The van der Waals surface area contributed by atoms with Crippen molar-refractivity contribution >= 4 is 10.0 Å². The lowest BCUT2D eigenvalue weighted by Gasteiger charge is -2.08. The lowest BCUT2D eigenvalue weighted by molar-refractivity contribution is 0.580. The van der Waals surface area contributed by atoms with Crippen LogP contribution in [-0.4, -0.2) is 18.4 Å². The Morgan fingerprint density at radius 3 is 2.47 bits per heavy atom. The van der Waals surface area contributed by atoms with Crippen LogP contribution in [-0.2, 0) is 16.6 Å². The van der Waals surface area contributed by atoms with Crippen LogP contribution in [0.1, 0.15) is 31.0 Å². The number of sulfonamides is 1. The van der Waals surface area contributed by atoms with E-state index in [1.165, 1.54) is 6.33 Å². The molecular weight excluding hydrogens is 262 g/mol. The molecule has 0 amide bonds. The summed E-state index contributed by atoms with van der Waals surface area (Å²) in [6.07, 6.45) is 3.10. The normalized spacial score (nSPS) is 11.9. The molecule has 1 heterocycles. The van der Waals surface area contributed by atoms with E-state index >= 15 is 0 Å². The number of imidazole rings is 1. The standard InChI is InChI=1S/C13H17N3O2S/c1-10(2)11-3-5-13(6-4-11)19(17,18)16-8-12-7-14-9-15-12/h3-7,9-10,16H,8H2,1-2H3,(H,14,15). The van der Waals surface area contributed by atoms with Gasteiger partial charge in [0, 0.05) is 11.9 Å². The second-order valence-electron chi connectivity index (χ2n) is 4.63. The van der Waals surface area contributed by atoms with Crippen molar-refractivity contribution in [2.24, 2.45) is 0 Å². The maximum Gasteiger partial charge on any atom is 0.240 e. The number of hydrogen-bond acceptors (Lipinski definition) is 3. The van der Waals surface area contributed by atoms with Gasteiger partial charge in [0.1, 0.15) is 0 Å². The van der Waals surface area contributed by atoms with Crippen molar-refractivity contribution in [3.8, 4) is 0 Å². The number of aromatic amines is 1. The van der Waals surface area contributed by atoms with Gasteiger partial charge >= 0.3 is 0 Å². The fourth-order valence-corrected chi connectivity index (χ4v) is 2.68. The lowest BCUT2D eigenvalue weighted by atomic mass is 10.0. The van der Waals surface area contributed by atoms with Gasteiger partial charge in [0.25, 0.3) is 0 Å². The monoisotopic (exact) mass is 279 g/mol. The molecule has 0 atom stereocenters. The molecular formula is C13H17N3O2S. The Morgan fingerprint density at radius 2 is 1.95 bits per heavy atom. The number of rotatable bonds is 5. The zero-order valence-electron chi connectivity index (χ0n) is 10.9. The highest BCUT2D eigenvalue weighted by atomic mass is 32.2. The van der Waals surface area contributed by atoms with Crippen molar-refractivity contribution < 1.29 is 8.42 Å². The van der Waals surface area contributed by atoms with Gasteiger partial charge < -0.3 is 4.98 Å².